The predicted octanol–water partition coefficient (Wildman–Crippen LogP) is 1.54. The Morgan fingerprint density at radius 3 is 2.23 bits per heavy atom. The third-order valence-electron chi connectivity index (χ3n) is 4.09. The quantitative estimate of drug-likeness (QED) is 0.774. The van der Waals surface area contributed by atoms with Crippen molar-refractivity contribution in [3.63, 3.8) is 0 Å². The van der Waals surface area contributed by atoms with Gasteiger partial charge in [0.05, 0.1) is 19.8 Å². The number of rotatable bonds is 5. The van der Waals surface area contributed by atoms with Gasteiger partial charge in [-0.15, -0.1) is 0 Å². The van der Waals surface area contributed by atoms with Gasteiger partial charge in [-0.25, -0.2) is 0 Å². The number of carbonyl (C=O) groups excluding carboxylic acids is 2. The van der Waals surface area contributed by atoms with E-state index >= 15 is 0 Å². The van der Waals surface area contributed by atoms with Crippen LogP contribution in [0.2, 0.25) is 0 Å². The molecule has 2 heterocycles. The van der Waals surface area contributed by atoms with Crippen molar-refractivity contribution < 1.29 is 9.59 Å². The molecule has 0 unspecified atom stereocenters. The van der Waals surface area contributed by atoms with E-state index in [1.165, 1.54) is 0 Å². The standard InChI is InChI=1S/C17H21N3O2/c21-16(15-6-2-1-3-7-15)12-18-10-11-19(14-18)13-17(22)20-8-4-5-9-20/h1-3,6-7,10-11H,4-5,8-9,12-14H2. The van der Waals surface area contributed by atoms with E-state index in [0.29, 0.717) is 19.8 Å². The molecule has 5 nitrogen and oxygen atoms in total. The van der Waals surface area contributed by atoms with Gasteiger partial charge in [0.25, 0.3) is 0 Å². The van der Waals surface area contributed by atoms with Gasteiger partial charge in [0.2, 0.25) is 5.91 Å². The van der Waals surface area contributed by atoms with Crippen LogP contribution in [0.3, 0.4) is 0 Å². The zero-order valence-electron chi connectivity index (χ0n) is 12.6. The van der Waals surface area contributed by atoms with E-state index in [1.807, 2.05) is 57.4 Å². The second-order valence-corrected chi connectivity index (χ2v) is 5.81. The Morgan fingerprint density at radius 2 is 1.55 bits per heavy atom. The number of hydrogen-bond acceptors (Lipinski definition) is 4. The van der Waals surface area contributed by atoms with Gasteiger partial charge < -0.3 is 14.7 Å². The van der Waals surface area contributed by atoms with Crippen LogP contribution in [0.25, 0.3) is 0 Å². The maximum atomic E-state index is 12.2. The average molecular weight is 299 g/mol. The van der Waals surface area contributed by atoms with E-state index < -0.39 is 0 Å². The highest BCUT2D eigenvalue weighted by atomic mass is 16.2. The summed E-state index contributed by atoms with van der Waals surface area (Å²) in [6, 6.07) is 9.30. The summed E-state index contributed by atoms with van der Waals surface area (Å²) in [5, 5.41) is 0. The minimum atomic E-state index is 0.0953. The molecular formula is C17H21N3O2. The van der Waals surface area contributed by atoms with Crippen molar-refractivity contribution in [1.29, 1.82) is 0 Å². The zero-order chi connectivity index (χ0) is 15.4. The van der Waals surface area contributed by atoms with Crippen molar-refractivity contribution >= 4 is 11.7 Å². The first kappa shape index (κ1) is 14.6. The molecule has 22 heavy (non-hydrogen) atoms. The summed E-state index contributed by atoms with van der Waals surface area (Å²) < 4.78 is 0. The van der Waals surface area contributed by atoms with Gasteiger partial charge in [0, 0.05) is 31.1 Å². The normalized spacial score (nSPS) is 17.4. The summed E-state index contributed by atoms with van der Waals surface area (Å²) in [7, 11) is 0. The Kier molecular flexibility index (Phi) is 4.42. The molecule has 2 aliphatic heterocycles. The van der Waals surface area contributed by atoms with E-state index in [0.717, 1.165) is 31.5 Å². The van der Waals surface area contributed by atoms with Crippen LogP contribution in [0.1, 0.15) is 23.2 Å². The van der Waals surface area contributed by atoms with Crippen molar-refractivity contribution in [2.75, 3.05) is 32.8 Å². The van der Waals surface area contributed by atoms with Gasteiger partial charge in [-0.1, -0.05) is 30.3 Å². The fraction of sp³-hybridized carbons (Fsp3) is 0.412. The number of hydrogen-bond donors (Lipinski definition) is 0. The second kappa shape index (κ2) is 6.64. The van der Waals surface area contributed by atoms with Crippen LogP contribution in [-0.2, 0) is 4.79 Å². The maximum Gasteiger partial charge on any atom is 0.242 e. The second-order valence-electron chi connectivity index (χ2n) is 5.81. The highest BCUT2D eigenvalue weighted by molar-refractivity contribution is 5.97. The highest BCUT2D eigenvalue weighted by Crippen LogP contribution is 2.12. The predicted molar refractivity (Wildman–Crippen MR) is 84.0 cm³/mol. The molecule has 116 valence electrons. The monoisotopic (exact) mass is 299 g/mol. The van der Waals surface area contributed by atoms with Crippen molar-refractivity contribution in [2.45, 2.75) is 12.8 Å². The molecule has 5 heteroatoms. The van der Waals surface area contributed by atoms with Gasteiger partial charge in [-0.2, -0.15) is 0 Å². The summed E-state index contributed by atoms with van der Waals surface area (Å²) >= 11 is 0. The van der Waals surface area contributed by atoms with Crippen molar-refractivity contribution in [3.05, 3.63) is 48.3 Å². The molecule has 0 spiro atoms. The number of amides is 1. The Morgan fingerprint density at radius 1 is 0.909 bits per heavy atom. The van der Waals surface area contributed by atoms with Crippen LogP contribution in [0.4, 0.5) is 0 Å². The highest BCUT2D eigenvalue weighted by Gasteiger charge is 2.22. The Balaban J connectivity index is 1.47. The lowest BCUT2D eigenvalue weighted by Gasteiger charge is -2.23. The molecule has 1 fully saturated rings. The molecule has 0 atom stereocenters. The van der Waals surface area contributed by atoms with Gasteiger partial charge in [-0.05, 0) is 12.8 Å². The van der Waals surface area contributed by atoms with E-state index in [1.54, 1.807) is 0 Å². The zero-order valence-corrected chi connectivity index (χ0v) is 12.6. The van der Waals surface area contributed by atoms with Crippen LogP contribution in [0, 0.1) is 0 Å². The van der Waals surface area contributed by atoms with Crippen LogP contribution < -0.4 is 0 Å². The molecule has 0 aliphatic carbocycles. The van der Waals surface area contributed by atoms with Gasteiger partial charge in [0.15, 0.2) is 5.78 Å². The molecular weight excluding hydrogens is 278 g/mol. The summed E-state index contributed by atoms with van der Waals surface area (Å²) in [6.45, 7) is 3.10. The summed E-state index contributed by atoms with van der Waals surface area (Å²) in [4.78, 5) is 30.1. The number of likely N-dealkylation sites (tertiary alicyclic amines) is 1. The third-order valence-corrected chi connectivity index (χ3v) is 4.09. The molecule has 0 radical (unpaired) electrons. The molecule has 1 saturated heterocycles. The molecule has 0 saturated carbocycles. The van der Waals surface area contributed by atoms with Crippen molar-refractivity contribution in [1.82, 2.24) is 14.7 Å². The topological polar surface area (TPSA) is 43.9 Å². The lowest BCUT2D eigenvalue weighted by molar-refractivity contribution is -0.130. The minimum absolute atomic E-state index is 0.0953. The van der Waals surface area contributed by atoms with Crippen molar-refractivity contribution in [2.24, 2.45) is 0 Å². The third kappa shape index (κ3) is 3.47. The average Bonchev–Trinajstić information content (AvgIpc) is 3.20. The molecule has 0 aromatic heterocycles. The fourth-order valence-corrected chi connectivity index (χ4v) is 2.86. The molecule has 0 N–H and O–H groups in total. The molecule has 3 rings (SSSR count). The van der Waals surface area contributed by atoms with E-state index in [9.17, 15) is 9.59 Å². The Bertz CT molecular complexity index is 565. The lowest BCUT2D eigenvalue weighted by atomic mass is 10.1. The smallest absolute Gasteiger partial charge is 0.242 e. The maximum absolute atomic E-state index is 12.2. The summed E-state index contributed by atoms with van der Waals surface area (Å²) in [5.41, 5.74) is 0.725. The number of carbonyl (C=O) groups is 2. The number of Topliss-reactive ketones (excluding diaryl/α,β-unsaturated/α-hetero) is 1. The van der Waals surface area contributed by atoms with Gasteiger partial charge in [0.1, 0.15) is 0 Å². The van der Waals surface area contributed by atoms with Crippen molar-refractivity contribution in [3.8, 4) is 0 Å². The molecule has 1 aromatic carbocycles. The summed E-state index contributed by atoms with van der Waals surface area (Å²) in [5.74, 6) is 0.274. The molecule has 1 amide bonds. The first-order valence-corrected chi connectivity index (χ1v) is 7.75. The number of nitrogens with zero attached hydrogens (tertiary/aromatic N) is 3. The minimum Gasteiger partial charge on any atom is -0.351 e. The van der Waals surface area contributed by atoms with Crippen LogP contribution in [0.15, 0.2) is 42.7 Å². The van der Waals surface area contributed by atoms with E-state index in [4.69, 9.17) is 0 Å². The first-order chi connectivity index (χ1) is 10.7. The fourth-order valence-electron chi connectivity index (χ4n) is 2.86. The first-order valence-electron chi connectivity index (χ1n) is 7.75. The van der Waals surface area contributed by atoms with Gasteiger partial charge >= 0.3 is 0 Å². The van der Waals surface area contributed by atoms with Crippen LogP contribution in [-0.4, -0.2) is 59.2 Å². The SMILES string of the molecule is O=C(CN1C=CN(CC(=O)N2CCCC2)C1)c1ccccc1. The Hall–Kier alpha value is -2.30. The molecule has 2 aliphatic rings. The Labute approximate surface area is 130 Å². The van der Waals surface area contributed by atoms with E-state index in [-0.39, 0.29) is 11.7 Å². The number of ketones is 1. The molecule has 1 aromatic rings. The number of benzene rings is 1. The van der Waals surface area contributed by atoms with Crippen LogP contribution in [0.5, 0.6) is 0 Å². The van der Waals surface area contributed by atoms with Gasteiger partial charge in [-0.3, -0.25) is 9.59 Å². The lowest BCUT2D eigenvalue weighted by Crippen LogP contribution is -2.38. The molecule has 0 bridgehead atoms. The van der Waals surface area contributed by atoms with Crippen LogP contribution >= 0.6 is 0 Å². The largest absolute Gasteiger partial charge is 0.351 e. The summed E-state index contributed by atoms with van der Waals surface area (Å²) in [6.07, 6.45) is 6.00. The van der Waals surface area contributed by atoms with E-state index in [2.05, 4.69) is 0 Å².